The van der Waals surface area contributed by atoms with Gasteiger partial charge in [0.2, 0.25) is 5.91 Å². The Morgan fingerprint density at radius 3 is 2.92 bits per heavy atom. The monoisotopic (exact) mass is 366 g/mol. The maximum atomic E-state index is 12.2. The number of ether oxygens (including phenoxy) is 2. The van der Waals surface area contributed by atoms with Crippen molar-refractivity contribution in [3.8, 4) is 22.8 Å². The van der Waals surface area contributed by atoms with Crippen LogP contribution < -0.4 is 14.8 Å². The Hall–Kier alpha value is -2.86. The summed E-state index contributed by atoms with van der Waals surface area (Å²) < 4.78 is 10.7. The Morgan fingerprint density at radius 2 is 2.12 bits per heavy atom. The maximum absolute atomic E-state index is 12.2. The Balaban J connectivity index is 1.42. The number of carbonyl (C=O) groups excluding carboxylic acids is 1. The Morgan fingerprint density at radius 1 is 1.27 bits per heavy atom. The minimum absolute atomic E-state index is 0.0848. The summed E-state index contributed by atoms with van der Waals surface area (Å²) >= 11 is 1.43. The third kappa shape index (κ3) is 3.55. The lowest BCUT2D eigenvalue weighted by Crippen LogP contribution is -2.14. The van der Waals surface area contributed by atoms with Crippen molar-refractivity contribution in [2.45, 2.75) is 12.8 Å². The number of fused-ring (bicyclic) bond motifs is 1. The second kappa shape index (κ2) is 7.17. The summed E-state index contributed by atoms with van der Waals surface area (Å²) in [5.41, 5.74) is 4.05. The fourth-order valence-corrected chi connectivity index (χ4v) is 3.64. The van der Waals surface area contributed by atoms with E-state index >= 15 is 0 Å². The van der Waals surface area contributed by atoms with Crippen LogP contribution in [0.5, 0.6) is 11.5 Å². The van der Waals surface area contributed by atoms with E-state index < -0.39 is 0 Å². The van der Waals surface area contributed by atoms with Crippen LogP contribution in [0.25, 0.3) is 11.3 Å². The number of rotatable bonds is 5. The largest absolute Gasteiger partial charge is 0.497 e. The highest BCUT2D eigenvalue weighted by Gasteiger charge is 2.14. The van der Waals surface area contributed by atoms with Gasteiger partial charge in [-0.1, -0.05) is 12.1 Å². The van der Waals surface area contributed by atoms with Gasteiger partial charge in [0.15, 0.2) is 5.13 Å². The minimum atomic E-state index is -0.0848. The molecule has 0 aliphatic carbocycles. The van der Waals surface area contributed by atoms with Crippen LogP contribution in [0.1, 0.15) is 11.1 Å². The number of aromatic nitrogens is 1. The van der Waals surface area contributed by atoms with E-state index in [0.29, 0.717) is 11.6 Å². The van der Waals surface area contributed by atoms with Gasteiger partial charge in [-0.25, -0.2) is 4.98 Å². The molecule has 1 amide bonds. The molecule has 132 valence electrons. The number of methoxy groups -OCH3 is 1. The molecule has 0 atom stereocenters. The molecule has 0 fully saturated rings. The highest BCUT2D eigenvalue weighted by molar-refractivity contribution is 7.14. The highest BCUT2D eigenvalue weighted by atomic mass is 32.1. The van der Waals surface area contributed by atoms with Gasteiger partial charge >= 0.3 is 0 Å². The first-order valence-corrected chi connectivity index (χ1v) is 9.23. The summed E-state index contributed by atoms with van der Waals surface area (Å²) in [5, 5.41) is 5.44. The summed E-state index contributed by atoms with van der Waals surface area (Å²) in [5.74, 6) is 1.65. The maximum Gasteiger partial charge on any atom is 0.230 e. The number of benzene rings is 2. The van der Waals surface area contributed by atoms with Gasteiger partial charge in [-0.05, 0) is 41.5 Å². The van der Waals surface area contributed by atoms with Crippen molar-refractivity contribution >= 4 is 22.4 Å². The predicted molar refractivity (Wildman–Crippen MR) is 102 cm³/mol. The molecule has 4 rings (SSSR count). The zero-order valence-corrected chi connectivity index (χ0v) is 15.1. The fourth-order valence-electron chi connectivity index (χ4n) is 2.90. The molecule has 1 aliphatic rings. The smallest absolute Gasteiger partial charge is 0.230 e. The number of nitrogens with one attached hydrogen (secondary N) is 1. The summed E-state index contributed by atoms with van der Waals surface area (Å²) in [4.78, 5) is 16.8. The standard InChI is InChI=1S/C20H18N2O3S/c1-24-16-5-2-13(3-6-16)10-19(23)22-20-21-17(12-26-20)14-4-7-18-15(11-14)8-9-25-18/h2-7,11-12H,8-10H2,1H3,(H,21,22,23). The van der Waals surface area contributed by atoms with E-state index in [0.717, 1.165) is 41.3 Å². The molecule has 5 nitrogen and oxygen atoms in total. The molecule has 0 unspecified atom stereocenters. The van der Waals surface area contributed by atoms with Crippen molar-refractivity contribution in [2.75, 3.05) is 19.0 Å². The molecular formula is C20H18N2O3S. The molecule has 1 aromatic heterocycles. The van der Waals surface area contributed by atoms with Gasteiger partial charge in [-0.15, -0.1) is 11.3 Å². The average Bonchev–Trinajstić information content (AvgIpc) is 3.30. The van der Waals surface area contributed by atoms with Crippen LogP contribution in [-0.4, -0.2) is 24.6 Å². The summed E-state index contributed by atoms with van der Waals surface area (Å²) in [7, 11) is 1.62. The van der Waals surface area contributed by atoms with Crippen molar-refractivity contribution in [1.82, 2.24) is 4.98 Å². The van der Waals surface area contributed by atoms with Crippen LogP contribution >= 0.6 is 11.3 Å². The Labute approximate surface area is 155 Å². The number of carbonyl (C=O) groups is 1. The topological polar surface area (TPSA) is 60.5 Å². The van der Waals surface area contributed by atoms with E-state index in [1.807, 2.05) is 41.8 Å². The van der Waals surface area contributed by atoms with Gasteiger partial charge in [-0.3, -0.25) is 4.79 Å². The molecule has 0 saturated heterocycles. The van der Waals surface area contributed by atoms with Gasteiger partial charge in [0, 0.05) is 17.4 Å². The van der Waals surface area contributed by atoms with Crippen molar-refractivity contribution in [3.05, 3.63) is 59.0 Å². The summed E-state index contributed by atoms with van der Waals surface area (Å²) in [6.45, 7) is 0.739. The molecule has 0 spiro atoms. The van der Waals surface area contributed by atoms with Crippen LogP contribution in [0, 0.1) is 0 Å². The lowest BCUT2D eigenvalue weighted by molar-refractivity contribution is -0.115. The molecule has 1 N–H and O–H groups in total. The van der Waals surface area contributed by atoms with E-state index in [2.05, 4.69) is 16.4 Å². The Bertz CT molecular complexity index is 934. The van der Waals surface area contributed by atoms with Crippen molar-refractivity contribution in [2.24, 2.45) is 0 Å². The van der Waals surface area contributed by atoms with E-state index in [9.17, 15) is 4.79 Å². The predicted octanol–water partition coefficient (Wildman–Crippen LogP) is 3.93. The van der Waals surface area contributed by atoms with Crippen molar-refractivity contribution < 1.29 is 14.3 Å². The number of hydrogen-bond acceptors (Lipinski definition) is 5. The quantitative estimate of drug-likeness (QED) is 0.743. The first-order chi connectivity index (χ1) is 12.7. The van der Waals surface area contributed by atoms with Crippen LogP contribution in [0.2, 0.25) is 0 Å². The van der Waals surface area contributed by atoms with Gasteiger partial charge in [-0.2, -0.15) is 0 Å². The van der Waals surface area contributed by atoms with Crippen LogP contribution in [-0.2, 0) is 17.6 Å². The van der Waals surface area contributed by atoms with Gasteiger partial charge in [0.05, 0.1) is 25.8 Å². The van der Waals surface area contributed by atoms with Crippen molar-refractivity contribution in [3.63, 3.8) is 0 Å². The van der Waals surface area contributed by atoms with Gasteiger partial charge in [0.1, 0.15) is 11.5 Å². The number of thiazole rings is 1. The lowest BCUT2D eigenvalue weighted by atomic mass is 10.1. The zero-order chi connectivity index (χ0) is 17.9. The second-order valence-electron chi connectivity index (χ2n) is 6.03. The number of nitrogens with zero attached hydrogens (tertiary/aromatic N) is 1. The zero-order valence-electron chi connectivity index (χ0n) is 14.3. The number of hydrogen-bond donors (Lipinski definition) is 1. The van der Waals surface area contributed by atoms with E-state index in [1.54, 1.807) is 7.11 Å². The third-order valence-electron chi connectivity index (χ3n) is 4.26. The SMILES string of the molecule is COc1ccc(CC(=O)Nc2nc(-c3ccc4c(c3)CCO4)cs2)cc1. The summed E-state index contributed by atoms with van der Waals surface area (Å²) in [6.07, 6.45) is 1.23. The molecule has 0 bridgehead atoms. The van der Waals surface area contributed by atoms with Gasteiger partial charge < -0.3 is 14.8 Å². The molecule has 0 saturated carbocycles. The first kappa shape index (κ1) is 16.6. The molecule has 0 radical (unpaired) electrons. The molecule has 26 heavy (non-hydrogen) atoms. The molecule has 2 heterocycles. The minimum Gasteiger partial charge on any atom is -0.497 e. The molecular weight excluding hydrogens is 348 g/mol. The van der Waals surface area contributed by atoms with Gasteiger partial charge in [0.25, 0.3) is 0 Å². The molecule has 6 heteroatoms. The molecule has 1 aliphatic heterocycles. The highest BCUT2D eigenvalue weighted by Crippen LogP contribution is 2.31. The van der Waals surface area contributed by atoms with Crippen LogP contribution in [0.15, 0.2) is 47.8 Å². The number of amides is 1. The second-order valence-corrected chi connectivity index (χ2v) is 6.89. The van der Waals surface area contributed by atoms with Crippen molar-refractivity contribution in [1.29, 1.82) is 0 Å². The number of anilines is 1. The van der Waals surface area contributed by atoms with E-state index in [1.165, 1.54) is 16.9 Å². The average molecular weight is 366 g/mol. The Kier molecular flexibility index (Phi) is 4.58. The van der Waals surface area contributed by atoms with Crippen LogP contribution in [0.4, 0.5) is 5.13 Å². The summed E-state index contributed by atoms with van der Waals surface area (Å²) in [6, 6.07) is 13.6. The molecule has 2 aromatic carbocycles. The fraction of sp³-hybridized carbons (Fsp3) is 0.200. The van der Waals surface area contributed by atoms with E-state index in [-0.39, 0.29) is 5.91 Å². The first-order valence-electron chi connectivity index (χ1n) is 8.36. The lowest BCUT2D eigenvalue weighted by Gasteiger charge is -2.04. The third-order valence-corrected chi connectivity index (χ3v) is 5.02. The van der Waals surface area contributed by atoms with E-state index in [4.69, 9.17) is 9.47 Å². The molecule has 3 aromatic rings. The normalized spacial score (nSPS) is 12.3. The van der Waals surface area contributed by atoms with Crippen LogP contribution in [0.3, 0.4) is 0 Å².